The molecule has 94 valence electrons. The lowest BCUT2D eigenvalue weighted by atomic mass is 9.89. The number of fused-ring (bicyclic) bond motifs is 1. The van der Waals surface area contributed by atoms with Gasteiger partial charge in [0.1, 0.15) is 11.4 Å². The molecule has 2 N–H and O–H groups in total. The molecule has 1 aromatic carbocycles. The van der Waals surface area contributed by atoms with E-state index in [0.29, 0.717) is 0 Å². The van der Waals surface area contributed by atoms with Crippen LogP contribution in [-0.2, 0) is 12.8 Å². The van der Waals surface area contributed by atoms with Gasteiger partial charge in [0.15, 0.2) is 0 Å². The molecular weight excluding hydrogens is 210 g/mol. The predicted octanol–water partition coefficient (Wildman–Crippen LogP) is 3.07. The van der Waals surface area contributed by atoms with Crippen molar-refractivity contribution < 1.29 is 4.74 Å². The van der Waals surface area contributed by atoms with E-state index in [-0.39, 0.29) is 11.1 Å². The summed E-state index contributed by atoms with van der Waals surface area (Å²) < 4.78 is 6.14. The molecule has 0 radical (unpaired) electrons. The SMILES string of the molecule is CC(C)(N)Cc1cccc2c1OC(C)(C)CC2. The van der Waals surface area contributed by atoms with Gasteiger partial charge >= 0.3 is 0 Å². The van der Waals surface area contributed by atoms with E-state index >= 15 is 0 Å². The van der Waals surface area contributed by atoms with Crippen LogP contribution >= 0.6 is 0 Å². The van der Waals surface area contributed by atoms with E-state index in [9.17, 15) is 0 Å². The Balaban J connectivity index is 2.36. The molecule has 1 aromatic rings. The second-order valence-corrected chi connectivity index (χ2v) is 6.43. The maximum atomic E-state index is 6.14. The van der Waals surface area contributed by atoms with Crippen LogP contribution in [0.1, 0.15) is 45.2 Å². The lowest BCUT2D eigenvalue weighted by Crippen LogP contribution is -2.36. The van der Waals surface area contributed by atoms with Gasteiger partial charge in [0.05, 0.1) is 0 Å². The molecule has 0 aliphatic carbocycles. The molecule has 0 amide bonds. The van der Waals surface area contributed by atoms with E-state index in [4.69, 9.17) is 10.5 Å². The summed E-state index contributed by atoms with van der Waals surface area (Å²) in [5.41, 5.74) is 8.43. The number of rotatable bonds is 2. The summed E-state index contributed by atoms with van der Waals surface area (Å²) in [6.45, 7) is 8.42. The molecule has 0 atom stereocenters. The summed E-state index contributed by atoms with van der Waals surface area (Å²) in [7, 11) is 0. The van der Waals surface area contributed by atoms with E-state index in [0.717, 1.165) is 25.0 Å². The zero-order chi connectivity index (χ0) is 12.7. The molecule has 2 nitrogen and oxygen atoms in total. The molecular formula is C15H23NO. The van der Waals surface area contributed by atoms with Crippen LogP contribution in [0.2, 0.25) is 0 Å². The van der Waals surface area contributed by atoms with Gasteiger partial charge in [-0.25, -0.2) is 0 Å². The van der Waals surface area contributed by atoms with Crippen molar-refractivity contribution >= 4 is 0 Å². The quantitative estimate of drug-likeness (QED) is 0.852. The summed E-state index contributed by atoms with van der Waals surface area (Å²) in [5, 5.41) is 0. The summed E-state index contributed by atoms with van der Waals surface area (Å²) >= 11 is 0. The van der Waals surface area contributed by atoms with Crippen molar-refractivity contribution in [3.05, 3.63) is 29.3 Å². The van der Waals surface area contributed by atoms with Crippen molar-refractivity contribution in [1.82, 2.24) is 0 Å². The predicted molar refractivity (Wildman–Crippen MR) is 71.4 cm³/mol. The van der Waals surface area contributed by atoms with Crippen LogP contribution in [0.15, 0.2) is 18.2 Å². The smallest absolute Gasteiger partial charge is 0.126 e. The van der Waals surface area contributed by atoms with E-state index in [1.807, 2.05) is 0 Å². The Hall–Kier alpha value is -1.02. The third-order valence-electron chi connectivity index (χ3n) is 3.20. The molecule has 0 bridgehead atoms. The fourth-order valence-corrected chi connectivity index (χ4v) is 2.36. The van der Waals surface area contributed by atoms with Crippen molar-refractivity contribution in [1.29, 1.82) is 0 Å². The maximum Gasteiger partial charge on any atom is 0.126 e. The highest BCUT2D eigenvalue weighted by Crippen LogP contribution is 2.36. The van der Waals surface area contributed by atoms with Crippen LogP contribution in [-0.4, -0.2) is 11.1 Å². The molecule has 0 aromatic heterocycles. The Kier molecular flexibility index (Phi) is 2.94. The molecule has 1 aliphatic heterocycles. The van der Waals surface area contributed by atoms with Crippen molar-refractivity contribution in [2.45, 2.75) is 58.1 Å². The molecule has 0 spiro atoms. The molecule has 0 unspecified atom stereocenters. The number of aryl methyl sites for hydroxylation is 1. The highest BCUT2D eigenvalue weighted by atomic mass is 16.5. The van der Waals surface area contributed by atoms with Crippen LogP contribution in [0.4, 0.5) is 0 Å². The lowest BCUT2D eigenvalue weighted by molar-refractivity contribution is 0.0829. The van der Waals surface area contributed by atoms with Gasteiger partial charge in [0.2, 0.25) is 0 Å². The molecule has 1 aliphatic rings. The third kappa shape index (κ3) is 3.01. The van der Waals surface area contributed by atoms with Gasteiger partial charge in [0.25, 0.3) is 0 Å². The van der Waals surface area contributed by atoms with E-state index < -0.39 is 0 Å². The lowest BCUT2D eigenvalue weighted by Gasteiger charge is -2.34. The van der Waals surface area contributed by atoms with Gasteiger partial charge in [-0.2, -0.15) is 0 Å². The third-order valence-corrected chi connectivity index (χ3v) is 3.20. The molecule has 1 heterocycles. The van der Waals surface area contributed by atoms with Crippen molar-refractivity contribution in [3.8, 4) is 5.75 Å². The number of hydrogen-bond acceptors (Lipinski definition) is 2. The number of hydrogen-bond donors (Lipinski definition) is 1. The molecule has 17 heavy (non-hydrogen) atoms. The van der Waals surface area contributed by atoms with E-state index in [1.165, 1.54) is 11.1 Å². The van der Waals surface area contributed by atoms with Gasteiger partial charge in [-0.15, -0.1) is 0 Å². The van der Waals surface area contributed by atoms with Crippen LogP contribution in [0.25, 0.3) is 0 Å². The van der Waals surface area contributed by atoms with Crippen LogP contribution in [0.5, 0.6) is 5.75 Å². The monoisotopic (exact) mass is 233 g/mol. The summed E-state index contributed by atoms with van der Waals surface area (Å²) in [4.78, 5) is 0. The van der Waals surface area contributed by atoms with Crippen LogP contribution < -0.4 is 10.5 Å². The van der Waals surface area contributed by atoms with Crippen molar-refractivity contribution in [2.75, 3.05) is 0 Å². The minimum Gasteiger partial charge on any atom is -0.487 e. The highest BCUT2D eigenvalue weighted by molar-refractivity contribution is 5.44. The average Bonchev–Trinajstić information content (AvgIpc) is 2.16. The Morgan fingerprint density at radius 2 is 2.06 bits per heavy atom. The molecule has 0 saturated heterocycles. The molecule has 0 saturated carbocycles. The number of ether oxygens (including phenoxy) is 1. The molecule has 2 heteroatoms. The first kappa shape index (κ1) is 12.4. The Bertz CT molecular complexity index is 415. The zero-order valence-electron chi connectivity index (χ0n) is 11.3. The van der Waals surface area contributed by atoms with E-state index in [1.54, 1.807) is 0 Å². The maximum absolute atomic E-state index is 6.14. The zero-order valence-corrected chi connectivity index (χ0v) is 11.3. The van der Waals surface area contributed by atoms with Crippen LogP contribution in [0, 0.1) is 0 Å². The minimum absolute atomic E-state index is 0.0537. The Morgan fingerprint density at radius 3 is 2.71 bits per heavy atom. The molecule has 0 fully saturated rings. The van der Waals surface area contributed by atoms with Crippen molar-refractivity contribution in [3.63, 3.8) is 0 Å². The first-order valence-electron chi connectivity index (χ1n) is 6.36. The summed E-state index contributed by atoms with van der Waals surface area (Å²) in [6.07, 6.45) is 3.03. The van der Waals surface area contributed by atoms with Gasteiger partial charge < -0.3 is 10.5 Å². The molecule has 2 rings (SSSR count). The summed E-state index contributed by atoms with van der Waals surface area (Å²) in [6, 6.07) is 6.41. The van der Waals surface area contributed by atoms with Crippen LogP contribution in [0.3, 0.4) is 0 Å². The standard InChI is InChI=1S/C15H23NO/c1-14(2,16)10-12-7-5-6-11-8-9-15(3,4)17-13(11)12/h5-7H,8-10,16H2,1-4H3. The minimum atomic E-state index is -0.194. The number of benzene rings is 1. The highest BCUT2D eigenvalue weighted by Gasteiger charge is 2.29. The second kappa shape index (κ2) is 4.02. The average molecular weight is 233 g/mol. The van der Waals surface area contributed by atoms with E-state index in [2.05, 4.69) is 45.9 Å². The topological polar surface area (TPSA) is 35.2 Å². The van der Waals surface area contributed by atoms with Gasteiger partial charge in [-0.05, 0) is 58.1 Å². The Morgan fingerprint density at radius 1 is 1.35 bits per heavy atom. The van der Waals surface area contributed by atoms with Gasteiger partial charge in [-0.3, -0.25) is 0 Å². The van der Waals surface area contributed by atoms with Gasteiger partial charge in [-0.1, -0.05) is 18.2 Å². The largest absolute Gasteiger partial charge is 0.487 e. The number of para-hydroxylation sites is 1. The first-order chi connectivity index (χ1) is 7.77. The second-order valence-electron chi connectivity index (χ2n) is 6.43. The number of nitrogens with two attached hydrogens (primary N) is 1. The van der Waals surface area contributed by atoms with Crippen molar-refractivity contribution in [2.24, 2.45) is 5.73 Å². The summed E-state index contributed by atoms with van der Waals surface area (Å²) in [5.74, 6) is 1.07. The van der Waals surface area contributed by atoms with Gasteiger partial charge in [0, 0.05) is 5.54 Å². The first-order valence-corrected chi connectivity index (χ1v) is 6.36. The normalized spacial score (nSPS) is 18.4. The Labute approximate surface area is 104 Å². The fourth-order valence-electron chi connectivity index (χ4n) is 2.36. The fraction of sp³-hybridized carbons (Fsp3) is 0.600.